The minimum Gasteiger partial charge on any atom is -0.327 e. The lowest BCUT2D eigenvalue weighted by atomic mass is 9.99. The van der Waals surface area contributed by atoms with Crippen LogP contribution < -0.4 is 0 Å². The number of imidazole rings is 2. The summed E-state index contributed by atoms with van der Waals surface area (Å²) in [5, 5.41) is 17.5. The number of hydrogen-bond donors (Lipinski definition) is 2. The van der Waals surface area contributed by atoms with E-state index in [-0.39, 0.29) is 25.2 Å². The molecular weight excluding hydrogens is 642 g/mol. The van der Waals surface area contributed by atoms with Crippen molar-refractivity contribution in [1.29, 1.82) is 0 Å². The number of hydrogen-bond acceptors (Lipinski definition) is 8. The average molecular weight is 684 g/mol. The number of benzene rings is 5. The van der Waals surface area contributed by atoms with Crippen LogP contribution in [0.3, 0.4) is 0 Å². The molecule has 51 heavy (non-hydrogen) atoms. The minimum atomic E-state index is -0.303. The molecule has 0 aliphatic heterocycles. The molecule has 10 heteroatoms. The van der Waals surface area contributed by atoms with Gasteiger partial charge in [-0.2, -0.15) is 0 Å². The van der Waals surface area contributed by atoms with Crippen molar-refractivity contribution >= 4 is 22.1 Å². The first-order valence-electron chi connectivity index (χ1n) is 17.1. The van der Waals surface area contributed by atoms with Gasteiger partial charge in [-0.05, 0) is 76.6 Å². The second-order valence-electron chi connectivity index (χ2n) is 12.7. The molecule has 0 bridgehead atoms. The zero-order valence-electron chi connectivity index (χ0n) is 29.0. The summed E-state index contributed by atoms with van der Waals surface area (Å²) >= 11 is 0. The van der Waals surface area contributed by atoms with E-state index in [1.807, 2.05) is 48.5 Å². The van der Waals surface area contributed by atoms with Gasteiger partial charge in [-0.25, -0.2) is 24.6 Å². The van der Waals surface area contributed by atoms with Crippen LogP contribution in [0.2, 0.25) is 0 Å². The van der Waals surface area contributed by atoms with Gasteiger partial charge in [-0.1, -0.05) is 91.9 Å². The molecule has 7 rings (SSSR count). The van der Waals surface area contributed by atoms with Crippen LogP contribution in [0.5, 0.6) is 0 Å². The van der Waals surface area contributed by atoms with E-state index in [4.69, 9.17) is 35.0 Å². The smallest absolute Gasteiger partial charge is 0.140 e. The second-order valence-corrected chi connectivity index (χ2v) is 12.7. The lowest BCUT2D eigenvalue weighted by Crippen LogP contribution is -2.14. The minimum absolute atomic E-state index is 0.0222. The van der Waals surface area contributed by atoms with E-state index in [1.165, 1.54) is 5.56 Å². The van der Waals surface area contributed by atoms with Crippen LogP contribution >= 0.6 is 0 Å². The molecule has 0 radical (unpaired) electrons. The molecule has 2 aromatic heterocycles. The first-order chi connectivity index (χ1) is 24.9. The summed E-state index contributed by atoms with van der Waals surface area (Å²) in [4.78, 5) is 26.1. The van der Waals surface area contributed by atoms with Crippen molar-refractivity contribution in [1.82, 2.24) is 24.5 Å². The third-order valence-corrected chi connectivity index (χ3v) is 9.23. The molecule has 0 aliphatic carbocycles. The van der Waals surface area contributed by atoms with E-state index in [1.54, 1.807) is 0 Å². The van der Waals surface area contributed by atoms with Crippen molar-refractivity contribution in [3.05, 3.63) is 143 Å². The highest BCUT2D eigenvalue weighted by molar-refractivity contribution is 5.87. The lowest BCUT2D eigenvalue weighted by Gasteiger charge is -2.13. The molecule has 0 fully saturated rings. The molecule has 5 aromatic carbocycles. The van der Waals surface area contributed by atoms with Crippen molar-refractivity contribution in [2.24, 2.45) is 7.05 Å². The summed E-state index contributed by atoms with van der Waals surface area (Å²) in [7, 11) is 2.08. The second kappa shape index (κ2) is 15.4. The van der Waals surface area contributed by atoms with Gasteiger partial charge >= 0.3 is 0 Å². The monoisotopic (exact) mass is 683 g/mol. The zero-order chi connectivity index (χ0) is 35.3. The predicted molar refractivity (Wildman–Crippen MR) is 195 cm³/mol. The average Bonchev–Trinajstić information content (AvgIpc) is 3.67. The Morgan fingerprint density at radius 2 is 1.37 bits per heavy atom. The van der Waals surface area contributed by atoms with E-state index in [0.717, 1.165) is 85.5 Å². The van der Waals surface area contributed by atoms with Gasteiger partial charge in [-0.3, -0.25) is 10.4 Å². The van der Waals surface area contributed by atoms with Crippen molar-refractivity contribution in [2.75, 3.05) is 0 Å². The Kier molecular flexibility index (Phi) is 10.3. The lowest BCUT2D eigenvalue weighted by molar-refractivity contribution is -0.497. The molecule has 260 valence electrons. The van der Waals surface area contributed by atoms with Crippen LogP contribution in [0.15, 0.2) is 109 Å². The Morgan fingerprint density at radius 3 is 2.10 bits per heavy atom. The van der Waals surface area contributed by atoms with Gasteiger partial charge < -0.3 is 9.13 Å². The topological polar surface area (TPSA) is 107 Å². The van der Waals surface area contributed by atoms with Crippen molar-refractivity contribution in [2.45, 2.75) is 53.1 Å². The molecule has 0 atom stereocenters. The van der Waals surface area contributed by atoms with Crippen LogP contribution in [0.4, 0.5) is 0 Å². The first kappa shape index (κ1) is 34.3. The van der Waals surface area contributed by atoms with Crippen LogP contribution in [-0.4, -0.2) is 34.9 Å². The number of para-hydroxylation sites is 2. The Morgan fingerprint density at radius 1 is 0.706 bits per heavy atom. The van der Waals surface area contributed by atoms with Crippen LogP contribution in [0.25, 0.3) is 44.6 Å². The molecule has 2 N–H and O–H groups in total. The highest BCUT2D eigenvalue weighted by Crippen LogP contribution is 2.31. The predicted octanol–water partition coefficient (Wildman–Crippen LogP) is 8.73. The molecule has 0 spiro atoms. The highest BCUT2D eigenvalue weighted by Gasteiger charge is 2.17. The third kappa shape index (κ3) is 7.47. The maximum absolute atomic E-state index is 8.89. The fourth-order valence-corrected chi connectivity index (χ4v) is 6.64. The molecule has 0 saturated heterocycles. The molecule has 7 aromatic rings. The quantitative estimate of drug-likeness (QED) is 0.0666. The summed E-state index contributed by atoms with van der Waals surface area (Å²) < 4.78 is 4.53. The van der Waals surface area contributed by atoms with Gasteiger partial charge in [0, 0.05) is 25.6 Å². The van der Waals surface area contributed by atoms with E-state index in [0.29, 0.717) is 6.54 Å². The van der Waals surface area contributed by atoms with E-state index >= 15 is 0 Å². The van der Waals surface area contributed by atoms with E-state index in [9.17, 15) is 0 Å². The maximum Gasteiger partial charge on any atom is 0.140 e. The number of aromatic nitrogens is 4. The fourth-order valence-electron chi connectivity index (χ4n) is 6.64. The van der Waals surface area contributed by atoms with Crippen LogP contribution in [0, 0.1) is 6.92 Å². The van der Waals surface area contributed by atoms with Crippen LogP contribution in [-0.2, 0) is 54.4 Å². The number of rotatable bonds is 14. The van der Waals surface area contributed by atoms with Gasteiger partial charge in [0.25, 0.3) is 0 Å². The molecular formula is C41H41N5O5. The Bertz CT molecular complexity index is 2280. The molecule has 10 nitrogen and oxygen atoms in total. The van der Waals surface area contributed by atoms with Gasteiger partial charge in [-0.15, -0.1) is 0 Å². The SMILES string of the molecule is CCCc1nc2c(C)cc(-c3nc4ccccc4n3C)cc2n1Cc1ccc(-c2ccccc2COOCc2ccccc2CON(O)O)cc1. The van der Waals surface area contributed by atoms with E-state index < -0.39 is 0 Å². The summed E-state index contributed by atoms with van der Waals surface area (Å²) in [5.41, 5.74) is 12.4. The van der Waals surface area contributed by atoms with Gasteiger partial charge in [0.2, 0.25) is 0 Å². The summed E-state index contributed by atoms with van der Waals surface area (Å²) in [6, 6.07) is 36.9. The largest absolute Gasteiger partial charge is 0.327 e. The van der Waals surface area contributed by atoms with Crippen molar-refractivity contribution in [3.8, 4) is 22.5 Å². The Labute approximate surface area is 296 Å². The highest BCUT2D eigenvalue weighted by atomic mass is 17.2. The Hall–Kier alpha value is -5.20. The number of aryl methyl sites for hydroxylation is 3. The normalized spacial score (nSPS) is 11.7. The fraction of sp³-hybridized carbons (Fsp3) is 0.220. The molecule has 0 saturated carbocycles. The summed E-state index contributed by atoms with van der Waals surface area (Å²) in [6.45, 7) is 5.45. The molecule has 0 unspecified atom stereocenters. The Balaban J connectivity index is 1.09. The standard InChI is InChI=1S/C41H41N5O5/c1-4-11-39-43-40-28(2)22-34(41-42-36-16-9-10-17-37(36)44(41)3)23-38(40)45(39)24-29-18-20-30(21-19-29)35-15-8-7-14-33(35)27-51-50-26-32-13-6-5-12-31(32)25-49-46(47)48/h5-10,12-23,47-48H,4,11,24-27H2,1-3H3. The van der Waals surface area contributed by atoms with Crippen molar-refractivity contribution in [3.63, 3.8) is 0 Å². The number of nitrogens with zero attached hydrogens (tertiary/aromatic N) is 5. The molecule has 0 amide bonds. The first-order valence-corrected chi connectivity index (χ1v) is 17.1. The van der Waals surface area contributed by atoms with E-state index in [2.05, 4.69) is 90.7 Å². The molecule has 2 heterocycles. The zero-order valence-corrected chi connectivity index (χ0v) is 29.0. The third-order valence-electron chi connectivity index (χ3n) is 9.23. The number of fused-ring (bicyclic) bond motifs is 2. The van der Waals surface area contributed by atoms with Gasteiger partial charge in [0.1, 0.15) is 24.9 Å². The van der Waals surface area contributed by atoms with Gasteiger partial charge in [0.15, 0.2) is 0 Å². The van der Waals surface area contributed by atoms with Crippen molar-refractivity contribution < 1.29 is 25.0 Å². The summed E-state index contributed by atoms with van der Waals surface area (Å²) in [5.74, 6) is 2.03. The van der Waals surface area contributed by atoms with Crippen LogP contribution in [0.1, 0.15) is 47.0 Å². The summed E-state index contributed by atoms with van der Waals surface area (Å²) in [6.07, 6.45) is 1.90. The molecule has 0 aliphatic rings. The maximum atomic E-state index is 8.89. The van der Waals surface area contributed by atoms with Gasteiger partial charge in [0.05, 0.1) is 34.1 Å².